The van der Waals surface area contributed by atoms with Gasteiger partial charge in [0.2, 0.25) is 0 Å². The van der Waals surface area contributed by atoms with Crippen molar-refractivity contribution in [3.63, 3.8) is 0 Å². The van der Waals surface area contributed by atoms with E-state index in [0.717, 1.165) is 5.56 Å². The molecule has 0 atom stereocenters. The Balaban J connectivity index is 1.84. The van der Waals surface area contributed by atoms with Gasteiger partial charge in [0.15, 0.2) is 11.5 Å². The van der Waals surface area contributed by atoms with E-state index in [1.54, 1.807) is 37.3 Å². The third kappa shape index (κ3) is 6.64. The lowest BCUT2D eigenvalue weighted by molar-refractivity contribution is -0.112. The molecule has 0 aliphatic heterocycles. The zero-order valence-electron chi connectivity index (χ0n) is 17.9. The molecule has 174 valence electrons. The Morgan fingerprint density at radius 1 is 1.03 bits per heavy atom. The van der Waals surface area contributed by atoms with E-state index in [9.17, 15) is 14.4 Å². The van der Waals surface area contributed by atoms with Gasteiger partial charge in [0.25, 0.3) is 5.91 Å². The van der Waals surface area contributed by atoms with Crippen LogP contribution in [0, 0.1) is 17.1 Å². The Kier molecular flexibility index (Phi) is 8.78. The lowest BCUT2D eigenvalue weighted by Crippen LogP contribution is -2.13. The molecule has 5 nitrogen and oxygen atoms in total. The van der Waals surface area contributed by atoms with Crippen molar-refractivity contribution in [3.8, 4) is 17.6 Å². The van der Waals surface area contributed by atoms with E-state index in [2.05, 4.69) is 5.32 Å². The van der Waals surface area contributed by atoms with Crippen LogP contribution in [0.5, 0.6) is 11.5 Å². The van der Waals surface area contributed by atoms with Gasteiger partial charge in [-0.25, -0.2) is 4.39 Å². The maximum atomic E-state index is 13.1. The van der Waals surface area contributed by atoms with Crippen molar-refractivity contribution in [2.24, 2.45) is 0 Å². The molecule has 3 aromatic rings. The molecule has 0 bridgehead atoms. The van der Waals surface area contributed by atoms with Gasteiger partial charge in [-0.3, -0.25) is 4.79 Å². The number of anilines is 1. The van der Waals surface area contributed by atoms with Gasteiger partial charge >= 0.3 is 0 Å². The van der Waals surface area contributed by atoms with Gasteiger partial charge in [0.1, 0.15) is 24.1 Å². The molecule has 0 aliphatic carbocycles. The number of amides is 1. The van der Waals surface area contributed by atoms with Crippen LogP contribution < -0.4 is 14.8 Å². The summed E-state index contributed by atoms with van der Waals surface area (Å²) in [5, 5.41) is 13.1. The van der Waals surface area contributed by atoms with E-state index < -0.39 is 11.7 Å². The number of hydrogen-bond donors (Lipinski definition) is 1. The van der Waals surface area contributed by atoms with Crippen LogP contribution in [-0.2, 0) is 11.4 Å². The summed E-state index contributed by atoms with van der Waals surface area (Å²) >= 11 is 18.4. The minimum atomic E-state index is -0.650. The third-order valence-electron chi connectivity index (χ3n) is 4.48. The van der Waals surface area contributed by atoms with Gasteiger partial charge in [-0.2, -0.15) is 5.26 Å². The third-order valence-corrected chi connectivity index (χ3v) is 5.50. The van der Waals surface area contributed by atoms with Crippen molar-refractivity contribution >= 4 is 52.5 Å². The molecule has 9 heteroatoms. The van der Waals surface area contributed by atoms with Gasteiger partial charge in [0.05, 0.1) is 21.7 Å². The highest BCUT2D eigenvalue weighted by molar-refractivity contribution is 6.42. The van der Waals surface area contributed by atoms with E-state index >= 15 is 0 Å². The fourth-order valence-electron chi connectivity index (χ4n) is 2.91. The van der Waals surface area contributed by atoms with Gasteiger partial charge in [-0.05, 0) is 72.7 Å². The van der Waals surface area contributed by atoms with Crippen LogP contribution in [0.4, 0.5) is 10.1 Å². The van der Waals surface area contributed by atoms with Gasteiger partial charge in [-0.15, -0.1) is 0 Å². The number of hydrogen-bond acceptors (Lipinski definition) is 4. The molecule has 3 rings (SSSR count). The highest BCUT2D eigenvalue weighted by Crippen LogP contribution is 2.38. The summed E-state index contributed by atoms with van der Waals surface area (Å²) in [6, 6.07) is 15.4. The molecule has 0 aliphatic rings. The van der Waals surface area contributed by atoms with Crippen LogP contribution in [0.1, 0.15) is 18.1 Å². The lowest BCUT2D eigenvalue weighted by Gasteiger charge is -2.15. The Morgan fingerprint density at radius 3 is 2.41 bits per heavy atom. The number of nitrogens with one attached hydrogen (secondary N) is 1. The first-order valence-electron chi connectivity index (χ1n) is 10.0. The van der Waals surface area contributed by atoms with Crippen molar-refractivity contribution in [3.05, 3.63) is 92.2 Å². The molecule has 0 unspecified atom stereocenters. The van der Waals surface area contributed by atoms with E-state index in [-0.39, 0.29) is 17.2 Å². The average molecular weight is 520 g/mol. The number of halogens is 4. The van der Waals surface area contributed by atoms with Crippen molar-refractivity contribution in [1.82, 2.24) is 0 Å². The van der Waals surface area contributed by atoms with Crippen LogP contribution in [-0.4, -0.2) is 12.5 Å². The summed E-state index contributed by atoms with van der Waals surface area (Å²) in [7, 11) is 0. The molecule has 0 fully saturated rings. The largest absolute Gasteiger partial charge is 0.490 e. The minimum absolute atomic E-state index is 0.162. The second-order valence-electron chi connectivity index (χ2n) is 6.93. The lowest BCUT2D eigenvalue weighted by atomic mass is 10.1. The van der Waals surface area contributed by atoms with Gasteiger partial charge in [0, 0.05) is 5.69 Å². The Morgan fingerprint density at radius 2 is 1.76 bits per heavy atom. The fourth-order valence-corrected chi connectivity index (χ4v) is 3.50. The maximum Gasteiger partial charge on any atom is 0.266 e. The predicted octanol–water partition coefficient (Wildman–Crippen LogP) is 7.31. The monoisotopic (exact) mass is 518 g/mol. The Bertz CT molecular complexity index is 1270. The zero-order chi connectivity index (χ0) is 24.7. The van der Waals surface area contributed by atoms with Gasteiger partial charge in [-0.1, -0.05) is 40.9 Å². The normalized spacial score (nSPS) is 11.0. The standard InChI is InChI=1S/C25H18Cl3FN2O3/c1-2-33-23-12-16(9-17(13-30)25(32)31-19-6-4-18(29)5-7-19)11-22(28)24(23)34-14-15-3-8-20(26)21(27)10-15/h3-12H,2,14H2,1H3,(H,31,32)/b17-9+. The maximum absolute atomic E-state index is 13.1. The first-order chi connectivity index (χ1) is 16.3. The number of carbonyl (C=O) groups excluding carboxylic acids is 1. The summed E-state index contributed by atoms with van der Waals surface area (Å²) in [5.74, 6) is -0.435. The van der Waals surface area contributed by atoms with Crippen LogP contribution in [0.25, 0.3) is 6.08 Å². The smallest absolute Gasteiger partial charge is 0.266 e. The number of nitriles is 1. The quantitative estimate of drug-likeness (QED) is 0.250. The van der Waals surface area contributed by atoms with Crippen LogP contribution in [0.3, 0.4) is 0 Å². The Hall–Kier alpha value is -3.24. The van der Waals surface area contributed by atoms with Crippen molar-refractivity contribution in [2.45, 2.75) is 13.5 Å². The molecule has 0 saturated heterocycles. The summed E-state index contributed by atoms with van der Waals surface area (Å²) in [6.45, 7) is 2.30. The summed E-state index contributed by atoms with van der Waals surface area (Å²) < 4.78 is 24.6. The van der Waals surface area contributed by atoms with Crippen molar-refractivity contribution < 1.29 is 18.7 Å². The first kappa shape index (κ1) is 25.4. The highest BCUT2D eigenvalue weighted by atomic mass is 35.5. The zero-order valence-corrected chi connectivity index (χ0v) is 20.1. The average Bonchev–Trinajstić information content (AvgIpc) is 2.80. The number of nitrogens with zero attached hydrogens (tertiary/aromatic N) is 1. The molecule has 1 N–H and O–H groups in total. The molecule has 3 aromatic carbocycles. The van der Waals surface area contributed by atoms with E-state index in [0.29, 0.717) is 39.4 Å². The van der Waals surface area contributed by atoms with Crippen LogP contribution in [0.2, 0.25) is 15.1 Å². The fraction of sp³-hybridized carbons (Fsp3) is 0.120. The number of ether oxygens (including phenoxy) is 2. The minimum Gasteiger partial charge on any atom is -0.490 e. The van der Waals surface area contributed by atoms with Crippen molar-refractivity contribution in [2.75, 3.05) is 11.9 Å². The molecule has 0 aromatic heterocycles. The molecular formula is C25H18Cl3FN2O3. The number of carbonyl (C=O) groups is 1. The van der Waals surface area contributed by atoms with Gasteiger partial charge < -0.3 is 14.8 Å². The molecular weight excluding hydrogens is 502 g/mol. The molecule has 0 heterocycles. The number of benzene rings is 3. The SMILES string of the molecule is CCOc1cc(/C=C(\C#N)C(=O)Nc2ccc(F)cc2)cc(Cl)c1OCc1ccc(Cl)c(Cl)c1. The number of rotatable bonds is 8. The van der Waals surface area contributed by atoms with E-state index in [4.69, 9.17) is 44.3 Å². The molecule has 0 saturated carbocycles. The van der Waals surface area contributed by atoms with Crippen LogP contribution in [0.15, 0.2) is 60.2 Å². The Labute approximate surface area is 211 Å². The van der Waals surface area contributed by atoms with Crippen LogP contribution >= 0.6 is 34.8 Å². The second kappa shape index (κ2) is 11.8. The van der Waals surface area contributed by atoms with E-state index in [1.165, 1.54) is 30.3 Å². The molecule has 0 spiro atoms. The first-order valence-corrected chi connectivity index (χ1v) is 11.2. The summed E-state index contributed by atoms with van der Waals surface area (Å²) in [6.07, 6.45) is 1.37. The van der Waals surface area contributed by atoms with Crippen molar-refractivity contribution in [1.29, 1.82) is 5.26 Å². The summed E-state index contributed by atoms with van der Waals surface area (Å²) in [4.78, 5) is 12.5. The predicted molar refractivity (Wildman–Crippen MR) is 132 cm³/mol. The highest BCUT2D eigenvalue weighted by Gasteiger charge is 2.15. The summed E-state index contributed by atoms with van der Waals surface area (Å²) in [5.41, 5.74) is 1.42. The topological polar surface area (TPSA) is 71.3 Å². The molecule has 1 amide bonds. The second-order valence-corrected chi connectivity index (χ2v) is 8.15. The van der Waals surface area contributed by atoms with E-state index in [1.807, 2.05) is 6.07 Å². The molecule has 0 radical (unpaired) electrons. The molecule has 34 heavy (non-hydrogen) atoms.